The first-order valence-electron chi connectivity index (χ1n) is 9.78. The number of hydrogen-bond donors (Lipinski definition) is 1. The van der Waals surface area contributed by atoms with E-state index in [9.17, 15) is 14.9 Å². The van der Waals surface area contributed by atoms with Crippen LogP contribution in [0.5, 0.6) is 0 Å². The lowest BCUT2D eigenvalue weighted by molar-refractivity contribution is -0.111. The van der Waals surface area contributed by atoms with E-state index in [1.54, 1.807) is 60.9 Å². The largest absolute Gasteiger partial charge is 0.321 e. The van der Waals surface area contributed by atoms with Crippen molar-refractivity contribution in [3.8, 4) is 11.8 Å². The molecule has 0 bridgehead atoms. The van der Waals surface area contributed by atoms with Crippen molar-refractivity contribution in [3.63, 3.8) is 0 Å². The van der Waals surface area contributed by atoms with Crippen LogP contribution in [0.25, 0.3) is 17.3 Å². The normalized spacial score (nSPS) is 12.2. The maximum Gasteiger partial charge on any atom is 0.273 e. The van der Waals surface area contributed by atoms with Crippen molar-refractivity contribution in [3.05, 3.63) is 110 Å². The summed E-state index contributed by atoms with van der Waals surface area (Å²) in [5, 5.41) is 12.6. The molecular weight excluding hydrogens is 420 g/mol. The highest BCUT2D eigenvalue weighted by molar-refractivity contribution is 7.07. The lowest BCUT2D eigenvalue weighted by Crippen LogP contribution is -2.32. The van der Waals surface area contributed by atoms with Gasteiger partial charge in [0, 0.05) is 18.1 Å². The van der Waals surface area contributed by atoms with Gasteiger partial charge in [-0.15, -0.1) is 11.3 Å². The zero-order valence-corrected chi connectivity index (χ0v) is 18.0. The molecule has 4 aromatic rings. The predicted molar refractivity (Wildman–Crippen MR) is 126 cm³/mol. The van der Waals surface area contributed by atoms with Gasteiger partial charge >= 0.3 is 0 Å². The number of nitriles is 1. The van der Waals surface area contributed by atoms with E-state index in [0.717, 1.165) is 22.5 Å². The molecule has 0 aliphatic carbocycles. The smallest absolute Gasteiger partial charge is 0.273 e. The van der Waals surface area contributed by atoms with Gasteiger partial charge in [0.05, 0.1) is 10.2 Å². The predicted octanol–water partition coefficient (Wildman–Crippen LogP) is 2.74. The molecule has 1 amide bonds. The molecule has 32 heavy (non-hydrogen) atoms. The number of nitrogens with zero attached hydrogens (tertiary/aromatic N) is 3. The number of nitrogens with one attached hydrogen (secondary N) is 1. The summed E-state index contributed by atoms with van der Waals surface area (Å²) in [4.78, 5) is 30.3. The SMILES string of the molecule is Cc1cccc(NC(=O)C(C#N)=c2sc(=Cc3ccncc3)c(=O)n2-c2ccccc2)c1. The Labute approximate surface area is 188 Å². The standard InChI is InChI=1S/C25H18N4O2S/c1-17-6-5-7-19(14-17)28-23(30)21(16-26)25-29(20-8-3-2-4-9-20)24(31)22(32-25)15-18-10-12-27-13-11-18/h2-15H,1H3,(H,28,30). The number of carbonyl (C=O) groups excluding carboxylic acids is 1. The van der Waals surface area contributed by atoms with Crippen molar-refractivity contribution in [2.24, 2.45) is 0 Å². The van der Waals surface area contributed by atoms with Crippen molar-refractivity contribution in [1.29, 1.82) is 5.26 Å². The van der Waals surface area contributed by atoms with Crippen LogP contribution < -0.4 is 20.1 Å². The van der Waals surface area contributed by atoms with E-state index in [-0.39, 0.29) is 15.8 Å². The number of benzene rings is 2. The van der Waals surface area contributed by atoms with Crippen LogP contribution in [0.15, 0.2) is 83.9 Å². The molecule has 0 aliphatic heterocycles. The van der Waals surface area contributed by atoms with Gasteiger partial charge in [-0.2, -0.15) is 5.26 Å². The number of pyridine rings is 1. The zero-order valence-electron chi connectivity index (χ0n) is 17.1. The number of aryl methyl sites for hydroxylation is 1. The zero-order chi connectivity index (χ0) is 22.5. The van der Waals surface area contributed by atoms with Gasteiger partial charge < -0.3 is 5.32 Å². The molecule has 4 rings (SSSR count). The molecule has 1 N–H and O–H groups in total. The monoisotopic (exact) mass is 438 g/mol. The molecular formula is C25H18N4O2S. The van der Waals surface area contributed by atoms with Gasteiger partial charge in [0.25, 0.3) is 11.5 Å². The molecule has 7 heteroatoms. The van der Waals surface area contributed by atoms with Crippen LogP contribution >= 0.6 is 11.3 Å². The molecule has 0 aliphatic rings. The first-order valence-corrected chi connectivity index (χ1v) is 10.6. The Bertz CT molecular complexity index is 1500. The molecule has 0 spiro atoms. The molecule has 2 aromatic carbocycles. The van der Waals surface area contributed by atoms with Crippen LogP contribution in [0.4, 0.5) is 5.69 Å². The molecule has 0 saturated heterocycles. The number of amides is 1. The van der Waals surface area contributed by atoms with Gasteiger partial charge in [-0.3, -0.25) is 19.1 Å². The average Bonchev–Trinajstić information content (AvgIpc) is 3.11. The van der Waals surface area contributed by atoms with Gasteiger partial charge in [0.1, 0.15) is 10.7 Å². The number of rotatable bonds is 4. The third kappa shape index (κ3) is 4.41. The highest BCUT2D eigenvalue weighted by Crippen LogP contribution is 2.11. The van der Waals surface area contributed by atoms with Crippen LogP contribution in [-0.4, -0.2) is 15.5 Å². The fraction of sp³-hybridized carbons (Fsp3) is 0.0400. The summed E-state index contributed by atoms with van der Waals surface area (Å²) < 4.78 is 2.09. The molecule has 0 fully saturated rings. The molecule has 6 nitrogen and oxygen atoms in total. The van der Waals surface area contributed by atoms with Crippen molar-refractivity contribution in [2.45, 2.75) is 6.92 Å². The molecule has 2 aromatic heterocycles. The van der Waals surface area contributed by atoms with Gasteiger partial charge in [0.2, 0.25) is 0 Å². The third-order valence-corrected chi connectivity index (χ3v) is 5.76. The summed E-state index contributed by atoms with van der Waals surface area (Å²) in [5.41, 5.74) is 2.50. The van der Waals surface area contributed by atoms with E-state index in [2.05, 4.69) is 10.3 Å². The Morgan fingerprint density at radius 2 is 1.84 bits per heavy atom. The summed E-state index contributed by atoms with van der Waals surface area (Å²) in [5.74, 6) is -0.570. The van der Waals surface area contributed by atoms with Crippen molar-refractivity contribution < 1.29 is 4.79 Å². The Balaban J connectivity index is 1.95. The maximum absolute atomic E-state index is 13.3. The van der Waals surface area contributed by atoms with Crippen molar-refractivity contribution in [1.82, 2.24) is 9.55 Å². The summed E-state index contributed by atoms with van der Waals surface area (Å²) in [6.07, 6.45) is 5.00. The number of carbonyl (C=O) groups is 1. The summed E-state index contributed by atoms with van der Waals surface area (Å²) in [6.45, 7) is 1.91. The van der Waals surface area contributed by atoms with Crippen LogP contribution in [0, 0.1) is 18.3 Å². The Hall–Kier alpha value is -4.28. The minimum Gasteiger partial charge on any atom is -0.321 e. The summed E-state index contributed by atoms with van der Waals surface area (Å²) >= 11 is 1.10. The highest BCUT2D eigenvalue weighted by Gasteiger charge is 2.17. The minimum atomic E-state index is -0.570. The number of thiazole rings is 1. The van der Waals surface area contributed by atoms with E-state index in [1.807, 2.05) is 37.3 Å². The van der Waals surface area contributed by atoms with Crippen LogP contribution in [0.3, 0.4) is 0 Å². The van der Waals surface area contributed by atoms with E-state index in [4.69, 9.17) is 0 Å². The number of para-hydroxylation sites is 1. The second-order valence-corrected chi connectivity index (χ2v) is 8.01. The maximum atomic E-state index is 13.3. The Kier molecular flexibility index (Phi) is 6.06. The van der Waals surface area contributed by atoms with E-state index in [0.29, 0.717) is 15.9 Å². The number of hydrogen-bond acceptors (Lipinski definition) is 5. The molecule has 0 radical (unpaired) electrons. The second kappa shape index (κ2) is 9.25. The summed E-state index contributed by atoms with van der Waals surface area (Å²) in [6, 6.07) is 21.8. The fourth-order valence-electron chi connectivity index (χ4n) is 3.18. The van der Waals surface area contributed by atoms with Gasteiger partial charge in [0.15, 0.2) is 5.57 Å². The number of aromatic nitrogens is 2. The molecule has 156 valence electrons. The molecule has 0 saturated carbocycles. The van der Waals surface area contributed by atoms with Crippen molar-refractivity contribution in [2.75, 3.05) is 5.32 Å². The lowest BCUT2D eigenvalue weighted by Gasteiger charge is -2.06. The van der Waals surface area contributed by atoms with E-state index < -0.39 is 5.91 Å². The van der Waals surface area contributed by atoms with E-state index in [1.165, 1.54) is 4.57 Å². The summed E-state index contributed by atoms with van der Waals surface area (Å²) in [7, 11) is 0. The fourth-order valence-corrected chi connectivity index (χ4v) is 4.29. The van der Waals surface area contributed by atoms with Gasteiger partial charge in [-0.25, -0.2) is 0 Å². The highest BCUT2D eigenvalue weighted by atomic mass is 32.1. The Morgan fingerprint density at radius 1 is 1.09 bits per heavy atom. The topological polar surface area (TPSA) is 87.8 Å². The minimum absolute atomic E-state index is 0.133. The first-order chi connectivity index (χ1) is 15.6. The van der Waals surface area contributed by atoms with Crippen molar-refractivity contribution >= 4 is 34.6 Å². The quantitative estimate of drug-likeness (QED) is 0.531. The second-order valence-electron chi connectivity index (χ2n) is 6.98. The number of anilines is 1. The van der Waals surface area contributed by atoms with Gasteiger partial charge in [-0.05, 0) is 60.5 Å². The average molecular weight is 439 g/mol. The van der Waals surface area contributed by atoms with Crippen LogP contribution in [0.2, 0.25) is 0 Å². The third-order valence-electron chi connectivity index (χ3n) is 4.67. The molecule has 0 atom stereocenters. The Morgan fingerprint density at radius 3 is 2.53 bits per heavy atom. The molecule has 2 heterocycles. The van der Waals surface area contributed by atoms with Crippen LogP contribution in [-0.2, 0) is 4.79 Å². The first kappa shape index (κ1) is 21.0. The lowest BCUT2D eigenvalue weighted by atomic mass is 10.2. The van der Waals surface area contributed by atoms with E-state index >= 15 is 0 Å². The van der Waals surface area contributed by atoms with Gasteiger partial charge in [-0.1, -0.05) is 30.3 Å². The molecule has 0 unspecified atom stereocenters. The van der Waals surface area contributed by atoms with Crippen LogP contribution in [0.1, 0.15) is 11.1 Å².